The van der Waals surface area contributed by atoms with Crippen molar-refractivity contribution in [3.63, 3.8) is 0 Å². The molecule has 0 fully saturated rings. The second kappa shape index (κ2) is 9.78. The summed E-state index contributed by atoms with van der Waals surface area (Å²) in [6.45, 7) is 6.37. The van der Waals surface area contributed by atoms with Crippen LogP contribution in [0.25, 0.3) is 21.9 Å². The number of methoxy groups -OCH3 is 1. The first-order valence-electron chi connectivity index (χ1n) is 11.9. The lowest BCUT2D eigenvalue weighted by Crippen LogP contribution is -2.21. The Bertz CT molecular complexity index is 1530. The number of hydrogen-bond donors (Lipinski definition) is 3. The van der Waals surface area contributed by atoms with Crippen LogP contribution in [-0.2, 0) is 10.2 Å². The fourth-order valence-electron chi connectivity index (χ4n) is 4.33. The molecule has 8 heteroatoms. The van der Waals surface area contributed by atoms with E-state index in [1.165, 1.54) is 11.8 Å². The molecule has 2 heterocycles. The third kappa shape index (κ3) is 5.11. The van der Waals surface area contributed by atoms with Crippen molar-refractivity contribution in [2.24, 2.45) is 0 Å². The van der Waals surface area contributed by atoms with Crippen LogP contribution in [0.15, 0.2) is 71.9 Å². The van der Waals surface area contributed by atoms with Crippen LogP contribution in [0.4, 0.5) is 21.9 Å². The molecule has 3 aromatic carbocycles. The average molecular weight is 513 g/mol. The van der Waals surface area contributed by atoms with Crippen molar-refractivity contribution in [1.29, 1.82) is 0 Å². The number of urea groups is 1. The third-order valence-corrected chi connectivity index (χ3v) is 7.27. The second-order valence-corrected chi connectivity index (χ2v) is 10.8. The molecule has 0 aliphatic carbocycles. The largest absolute Gasteiger partial charge is 0.495 e. The van der Waals surface area contributed by atoms with Gasteiger partial charge in [-0.3, -0.25) is 4.79 Å². The Hall–Kier alpha value is -4.04. The number of anilines is 3. The quantitative estimate of drug-likeness (QED) is 0.277. The Balaban J connectivity index is 1.45. The normalized spacial score (nSPS) is 13.0. The summed E-state index contributed by atoms with van der Waals surface area (Å²) in [6, 6.07) is 19.1. The second-order valence-electron chi connectivity index (χ2n) is 9.86. The van der Waals surface area contributed by atoms with Crippen molar-refractivity contribution >= 4 is 51.5 Å². The minimum Gasteiger partial charge on any atom is -0.495 e. The molecule has 3 N–H and O–H groups in total. The molecule has 3 amide bonds. The van der Waals surface area contributed by atoms with Gasteiger partial charge in [0.15, 0.2) is 0 Å². The van der Waals surface area contributed by atoms with Gasteiger partial charge < -0.3 is 20.7 Å². The van der Waals surface area contributed by atoms with Gasteiger partial charge in [0.25, 0.3) is 0 Å². The monoisotopic (exact) mass is 512 g/mol. The Labute approximate surface area is 220 Å². The lowest BCUT2D eigenvalue weighted by molar-refractivity contribution is -0.113. The number of amides is 3. The molecular formula is C29H28N4O3S. The Kier molecular flexibility index (Phi) is 6.52. The highest BCUT2D eigenvalue weighted by atomic mass is 32.2. The number of nitrogens with zero attached hydrogens (tertiary/aromatic N) is 1. The van der Waals surface area contributed by atoms with Crippen LogP contribution in [0.1, 0.15) is 26.3 Å². The molecule has 0 saturated carbocycles. The van der Waals surface area contributed by atoms with E-state index in [1.807, 2.05) is 66.9 Å². The molecule has 1 aliphatic rings. The van der Waals surface area contributed by atoms with E-state index in [0.29, 0.717) is 22.9 Å². The van der Waals surface area contributed by atoms with Crippen molar-refractivity contribution in [3.05, 3.63) is 72.4 Å². The first-order chi connectivity index (χ1) is 17.7. The molecule has 4 aromatic rings. The summed E-state index contributed by atoms with van der Waals surface area (Å²) in [6.07, 6.45) is 1.82. The fourth-order valence-corrected chi connectivity index (χ4v) is 5.06. The van der Waals surface area contributed by atoms with Crippen molar-refractivity contribution in [1.82, 2.24) is 4.98 Å². The Morgan fingerprint density at radius 1 is 1.00 bits per heavy atom. The van der Waals surface area contributed by atoms with Crippen LogP contribution in [0.5, 0.6) is 5.75 Å². The van der Waals surface area contributed by atoms with E-state index in [2.05, 4.69) is 41.7 Å². The molecule has 7 nitrogen and oxygen atoms in total. The molecule has 0 radical (unpaired) electrons. The number of fused-ring (bicyclic) bond motifs is 2. The molecule has 0 unspecified atom stereocenters. The predicted molar refractivity (Wildman–Crippen MR) is 151 cm³/mol. The van der Waals surface area contributed by atoms with Gasteiger partial charge >= 0.3 is 6.03 Å². The van der Waals surface area contributed by atoms with Gasteiger partial charge in [-0.15, -0.1) is 0 Å². The zero-order valence-corrected chi connectivity index (χ0v) is 22.0. The van der Waals surface area contributed by atoms with Crippen LogP contribution >= 0.6 is 11.8 Å². The van der Waals surface area contributed by atoms with Gasteiger partial charge in [-0.2, -0.15) is 0 Å². The summed E-state index contributed by atoms with van der Waals surface area (Å²) < 4.78 is 5.47. The maximum atomic E-state index is 13.1. The summed E-state index contributed by atoms with van der Waals surface area (Å²) in [7, 11) is 1.58. The molecule has 1 aliphatic heterocycles. The number of carbonyl (C=O) groups excluding carboxylic acids is 2. The van der Waals surface area contributed by atoms with Gasteiger partial charge in [0.05, 0.1) is 29.9 Å². The molecule has 0 saturated heterocycles. The molecule has 37 heavy (non-hydrogen) atoms. The van der Waals surface area contributed by atoms with E-state index in [9.17, 15) is 9.59 Å². The standard InChI is InChI=1S/C29H28N4O3S/c1-29(2,3)18-9-12-25(36-4)23(14-18)33-28(35)32-22-11-10-19(20-7-5-6-8-21(20)22)17-13-24-27(30-15-17)37-16-26(34)31-24/h5-15H,16H2,1-4H3,(H,31,34)(H2,32,33,35). The van der Waals surface area contributed by atoms with Crippen LogP contribution in [0.2, 0.25) is 0 Å². The molecule has 188 valence electrons. The number of nitrogens with one attached hydrogen (secondary N) is 3. The SMILES string of the molecule is COc1ccc(C(C)(C)C)cc1NC(=O)Nc1ccc(-c2cnc3c(c2)NC(=O)CS3)c2ccccc12. The smallest absolute Gasteiger partial charge is 0.323 e. The topological polar surface area (TPSA) is 92.3 Å². The van der Waals surface area contributed by atoms with Crippen LogP contribution < -0.4 is 20.7 Å². The van der Waals surface area contributed by atoms with Gasteiger partial charge in [-0.1, -0.05) is 68.9 Å². The van der Waals surface area contributed by atoms with E-state index >= 15 is 0 Å². The molecule has 0 spiro atoms. The summed E-state index contributed by atoms with van der Waals surface area (Å²) in [5.41, 5.74) is 4.87. The first kappa shape index (κ1) is 24.6. The lowest BCUT2D eigenvalue weighted by Gasteiger charge is -2.21. The maximum Gasteiger partial charge on any atom is 0.323 e. The average Bonchev–Trinajstić information content (AvgIpc) is 2.88. The van der Waals surface area contributed by atoms with Crippen molar-refractivity contribution in [2.75, 3.05) is 28.8 Å². The number of pyridine rings is 1. The summed E-state index contributed by atoms with van der Waals surface area (Å²) in [5.74, 6) is 0.932. The number of benzene rings is 3. The van der Waals surface area contributed by atoms with E-state index in [0.717, 1.165) is 38.2 Å². The minimum atomic E-state index is -0.363. The Morgan fingerprint density at radius 2 is 1.76 bits per heavy atom. The van der Waals surface area contributed by atoms with Crippen molar-refractivity contribution in [2.45, 2.75) is 31.2 Å². The Morgan fingerprint density at radius 3 is 2.51 bits per heavy atom. The minimum absolute atomic E-state index is 0.0310. The van der Waals surface area contributed by atoms with Gasteiger partial charge in [-0.25, -0.2) is 9.78 Å². The zero-order valence-electron chi connectivity index (χ0n) is 21.1. The molecule has 5 rings (SSSR count). The van der Waals surface area contributed by atoms with Gasteiger partial charge in [-0.05, 0) is 46.2 Å². The number of aromatic nitrogens is 1. The molecule has 0 bridgehead atoms. The van der Waals surface area contributed by atoms with Crippen molar-refractivity contribution < 1.29 is 14.3 Å². The summed E-state index contributed by atoms with van der Waals surface area (Å²) in [4.78, 5) is 29.5. The zero-order chi connectivity index (χ0) is 26.2. The highest BCUT2D eigenvalue weighted by molar-refractivity contribution is 8.00. The third-order valence-electron chi connectivity index (χ3n) is 6.26. The summed E-state index contributed by atoms with van der Waals surface area (Å²) >= 11 is 1.43. The number of thioether (sulfide) groups is 1. The van der Waals surface area contributed by atoms with E-state index in [-0.39, 0.29) is 17.4 Å². The maximum absolute atomic E-state index is 13.1. The molecular weight excluding hydrogens is 484 g/mol. The predicted octanol–water partition coefficient (Wildman–Crippen LogP) is 6.90. The summed E-state index contributed by atoms with van der Waals surface area (Å²) in [5, 5.41) is 11.5. The number of ether oxygens (including phenoxy) is 1. The van der Waals surface area contributed by atoms with Crippen LogP contribution in [-0.4, -0.2) is 29.8 Å². The lowest BCUT2D eigenvalue weighted by atomic mass is 9.87. The van der Waals surface area contributed by atoms with E-state index in [1.54, 1.807) is 7.11 Å². The van der Waals surface area contributed by atoms with Crippen molar-refractivity contribution in [3.8, 4) is 16.9 Å². The number of hydrogen-bond acceptors (Lipinski definition) is 5. The van der Waals surface area contributed by atoms with Gasteiger partial charge in [0.2, 0.25) is 5.91 Å². The highest BCUT2D eigenvalue weighted by Crippen LogP contribution is 2.37. The van der Waals surface area contributed by atoms with Crippen LogP contribution in [0, 0.1) is 0 Å². The van der Waals surface area contributed by atoms with Crippen LogP contribution in [0.3, 0.4) is 0 Å². The highest BCUT2D eigenvalue weighted by Gasteiger charge is 2.19. The first-order valence-corrected chi connectivity index (χ1v) is 12.9. The van der Waals surface area contributed by atoms with E-state index < -0.39 is 0 Å². The molecule has 0 atom stereocenters. The van der Waals surface area contributed by atoms with Gasteiger partial charge in [0.1, 0.15) is 10.8 Å². The molecule has 1 aromatic heterocycles. The number of carbonyl (C=O) groups is 2. The van der Waals surface area contributed by atoms with Gasteiger partial charge in [0, 0.05) is 17.1 Å². The number of rotatable bonds is 4. The fraction of sp³-hybridized carbons (Fsp3) is 0.207. The van der Waals surface area contributed by atoms with E-state index in [4.69, 9.17) is 4.74 Å².